The standard InChI is InChI=1S/C7H14O3/c1-7(2)4-10-6(9-3)5(7)8/h5-6,8H,4H2,1-3H3/t5-,6+/m0/s1. The van der Waals surface area contributed by atoms with Gasteiger partial charge < -0.3 is 14.6 Å². The molecule has 1 saturated heterocycles. The van der Waals surface area contributed by atoms with Gasteiger partial charge in [0.05, 0.1) is 6.61 Å². The number of rotatable bonds is 1. The Hall–Kier alpha value is -0.120. The molecule has 1 aliphatic rings. The highest BCUT2D eigenvalue weighted by atomic mass is 16.7. The summed E-state index contributed by atoms with van der Waals surface area (Å²) in [6, 6.07) is 0. The lowest BCUT2D eigenvalue weighted by molar-refractivity contribution is -0.134. The first kappa shape index (κ1) is 7.98. The molecule has 3 heteroatoms. The van der Waals surface area contributed by atoms with E-state index in [9.17, 15) is 5.11 Å². The van der Waals surface area contributed by atoms with Crippen molar-refractivity contribution >= 4 is 0 Å². The Bertz CT molecular complexity index is 122. The van der Waals surface area contributed by atoms with Crippen molar-refractivity contribution in [2.24, 2.45) is 5.41 Å². The summed E-state index contributed by atoms with van der Waals surface area (Å²) in [7, 11) is 1.54. The summed E-state index contributed by atoms with van der Waals surface area (Å²) in [5, 5.41) is 9.47. The van der Waals surface area contributed by atoms with E-state index in [1.807, 2.05) is 13.8 Å². The highest BCUT2D eigenvalue weighted by Gasteiger charge is 2.42. The van der Waals surface area contributed by atoms with Crippen LogP contribution in [0.4, 0.5) is 0 Å². The smallest absolute Gasteiger partial charge is 0.183 e. The molecule has 0 bridgehead atoms. The van der Waals surface area contributed by atoms with E-state index < -0.39 is 12.4 Å². The predicted molar refractivity (Wildman–Crippen MR) is 36.5 cm³/mol. The highest BCUT2D eigenvalue weighted by molar-refractivity contribution is 4.85. The van der Waals surface area contributed by atoms with Crippen LogP contribution < -0.4 is 0 Å². The van der Waals surface area contributed by atoms with Gasteiger partial charge in [-0.05, 0) is 0 Å². The van der Waals surface area contributed by atoms with Crippen molar-refractivity contribution in [2.45, 2.75) is 26.2 Å². The molecule has 0 aromatic carbocycles. The summed E-state index contributed by atoms with van der Waals surface area (Å²) in [5.41, 5.74) is -0.166. The molecule has 0 radical (unpaired) electrons. The Balaban J connectivity index is 2.58. The second-order valence-electron chi connectivity index (χ2n) is 3.35. The predicted octanol–water partition coefficient (Wildman–Crippen LogP) is 0.376. The summed E-state index contributed by atoms with van der Waals surface area (Å²) in [5.74, 6) is 0. The van der Waals surface area contributed by atoms with Crippen molar-refractivity contribution < 1.29 is 14.6 Å². The van der Waals surface area contributed by atoms with Crippen molar-refractivity contribution in [3.05, 3.63) is 0 Å². The molecule has 0 unspecified atom stereocenters. The maximum atomic E-state index is 9.47. The number of aliphatic hydroxyl groups is 1. The SMILES string of the molecule is CO[C@@H]1OCC(C)(C)[C@H]1O. The fourth-order valence-electron chi connectivity index (χ4n) is 1.04. The van der Waals surface area contributed by atoms with E-state index in [0.29, 0.717) is 6.61 Å². The largest absolute Gasteiger partial charge is 0.387 e. The third-order valence-corrected chi connectivity index (χ3v) is 1.91. The van der Waals surface area contributed by atoms with Crippen molar-refractivity contribution in [2.75, 3.05) is 13.7 Å². The van der Waals surface area contributed by atoms with Gasteiger partial charge in [-0.15, -0.1) is 0 Å². The molecule has 1 rings (SSSR count). The van der Waals surface area contributed by atoms with E-state index in [2.05, 4.69) is 0 Å². The molecule has 0 aliphatic carbocycles. The van der Waals surface area contributed by atoms with E-state index in [-0.39, 0.29) is 5.41 Å². The van der Waals surface area contributed by atoms with Gasteiger partial charge in [-0.2, -0.15) is 0 Å². The van der Waals surface area contributed by atoms with E-state index in [1.165, 1.54) is 7.11 Å². The maximum Gasteiger partial charge on any atom is 0.183 e. The van der Waals surface area contributed by atoms with Crippen molar-refractivity contribution in [3.63, 3.8) is 0 Å². The Morgan fingerprint density at radius 1 is 1.60 bits per heavy atom. The van der Waals surface area contributed by atoms with Crippen molar-refractivity contribution in [1.82, 2.24) is 0 Å². The maximum absolute atomic E-state index is 9.47. The van der Waals surface area contributed by atoms with Crippen LogP contribution in [0.3, 0.4) is 0 Å². The van der Waals surface area contributed by atoms with Gasteiger partial charge in [-0.1, -0.05) is 13.8 Å². The average molecular weight is 146 g/mol. The van der Waals surface area contributed by atoms with Crippen molar-refractivity contribution in [3.8, 4) is 0 Å². The van der Waals surface area contributed by atoms with Crippen molar-refractivity contribution in [1.29, 1.82) is 0 Å². The van der Waals surface area contributed by atoms with Gasteiger partial charge in [0.15, 0.2) is 6.29 Å². The minimum Gasteiger partial charge on any atom is -0.387 e. The van der Waals surface area contributed by atoms with Crippen LogP contribution in [-0.4, -0.2) is 31.2 Å². The van der Waals surface area contributed by atoms with Crippen LogP contribution in [0.5, 0.6) is 0 Å². The van der Waals surface area contributed by atoms with Crippen LogP contribution in [0.2, 0.25) is 0 Å². The monoisotopic (exact) mass is 146 g/mol. The van der Waals surface area contributed by atoms with Gasteiger partial charge in [-0.25, -0.2) is 0 Å². The fraction of sp³-hybridized carbons (Fsp3) is 1.00. The number of hydrogen-bond acceptors (Lipinski definition) is 3. The molecule has 0 amide bonds. The summed E-state index contributed by atoms with van der Waals surface area (Å²) in [6.45, 7) is 4.47. The van der Waals surface area contributed by atoms with Gasteiger partial charge in [-0.3, -0.25) is 0 Å². The van der Waals surface area contributed by atoms with Crippen LogP contribution in [0.1, 0.15) is 13.8 Å². The van der Waals surface area contributed by atoms with E-state index in [4.69, 9.17) is 9.47 Å². The molecule has 0 aromatic rings. The molecule has 0 saturated carbocycles. The average Bonchev–Trinajstić information content (AvgIpc) is 2.10. The molecule has 0 spiro atoms. The van der Waals surface area contributed by atoms with Crippen LogP contribution in [0.25, 0.3) is 0 Å². The molecule has 1 N–H and O–H groups in total. The summed E-state index contributed by atoms with van der Waals surface area (Å²) in [4.78, 5) is 0. The molecule has 1 fully saturated rings. The lowest BCUT2D eigenvalue weighted by atomic mass is 9.90. The van der Waals surface area contributed by atoms with E-state index in [1.54, 1.807) is 0 Å². The normalized spacial score (nSPS) is 38.4. The fourth-order valence-corrected chi connectivity index (χ4v) is 1.04. The number of aliphatic hydroxyl groups excluding tert-OH is 1. The van der Waals surface area contributed by atoms with Gasteiger partial charge in [0.2, 0.25) is 0 Å². The quantitative estimate of drug-likeness (QED) is 0.581. The highest BCUT2D eigenvalue weighted by Crippen LogP contribution is 2.31. The summed E-state index contributed by atoms with van der Waals surface area (Å²) < 4.78 is 10.0. The molecule has 60 valence electrons. The lowest BCUT2D eigenvalue weighted by Gasteiger charge is -2.21. The molecular weight excluding hydrogens is 132 g/mol. The minimum absolute atomic E-state index is 0.166. The van der Waals surface area contributed by atoms with Gasteiger partial charge in [0.1, 0.15) is 6.10 Å². The number of methoxy groups -OCH3 is 1. The van der Waals surface area contributed by atoms with Crippen LogP contribution >= 0.6 is 0 Å². The van der Waals surface area contributed by atoms with Crippen LogP contribution in [-0.2, 0) is 9.47 Å². The van der Waals surface area contributed by atoms with E-state index in [0.717, 1.165) is 0 Å². The third kappa shape index (κ3) is 1.17. The Labute approximate surface area is 60.9 Å². The zero-order chi connectivity index (χ0) is 7.78. The zero-order valence-corrected chi connectivity index (χ0v) is 6.63. The molecular formula is C7H14O3. The molecule has 1 heterocycles. The number of hydrogen-bond donors (Lipinski definition) is 1. The van der Waals surface area contributed by atoms with Crippen LogP contribution in [0, 0.1) is 5.41 Å². The third-order valence-electron chi connectivity index (χ3n) is 1.91. The molecule has 1 aliphatic heterocycles. The summed E-state index contributed by atoms with van der Waals surface area (Å²) >= 11 is 0. The molecule has 2 atom stereocenters. The van der Waals surface area contributed by atoms with Gasteiger partial charge in [0.25, 0.3) is 0 Å². The first-order chi connectivity index (χ1) is 4.58. The van der Waals surface area contributed by atoms with Gasteiger partial charge in [0, 0.05) is 12.5 Å². The Morgan fingerprint density at radius 3 is 2.40 bits per heavy atom. The topological polar surface area (TPSA) is 38.7 Å². The molecule has 3 nitrogen and oxygen atoms in total. The van der Waals surface area contributed by atoms with Crippen LogP contribution in [0.15, 0.2) is 0 Å². The number of ether oxygens (including phenoxy) is 2. The molecule has 0 aromatic heterocycles. The molecule has 10 heavy (non-hydrogen) atoms. The second kappa shape index (κ2) is 2.49. The van der Waals surface area contributed by atoms with E-state index >= 15 is 0 Å². The lowest BCUT2D eigenvalue weighted by Crippen LogP contribution is -2.33. The second-order valence-corrected chi connectivity index (χ2v) is 3.35. The first-order valence-corrected chi connectivity index (χ1v) is 3.40. The van der Waals surface area contributed by atoms with Gasteiger partial charge >= 0.3 is 0 Å². The zero-order valence-electron chi connectivity index (χ0n) is 6.63. The first-order valence-electron chi connectivity index (χ1n) is 3.40. The summed E-state index contributed by atoms with van der Waals surface area (Å²) in [6.07, 6.45) is -0.938. The Morgan fingerprint density at radius 2 is 2.20 bits per heavy atom. The Kier molecular flexibility index (Phi) is 1.99. The minimum atomic E-state index is -0.502.